The van der Waals surface area contributed by atoms with Gasteiger partial charge in [-0.1, -0.05) is 0 Å². The van der Waals surface area contributed by atoms with Crippen molar-refractivity contribution in [1.29, 1.82) is 0 Å². The molecule has 1 atom stereocenters. The first-order chi connectivity index (χ1) is 8.91. The predicted octanol–water partition coefficient (Wildman–Crippen LogP) is 2.27. The monoisotopic (exact) mass is 328 g/mol. The Morgan fingerprint density at radius 3 is 2.89 bits per heavy atom. The van der Waals surface area contributed by atoms with E-state index in [1.54, 1.807) is 6.07 Å². The molecule has 0 aromatic heterocycles. The van der Waals surface area contributed by atoms with Gasteiger partial charge >= 0.3 is 0 Å². The molecule has 0 bridgehead atoms. The van der Waals surface area contributed by atoms with Gasteiger partial charge in [0, 0.05) is 18.2 Å². The summed E-state index contributed by atoms with van der Waals surface area (Å²) in [5.41, 5.74) is -0.262. The van der Waals surface area contributed by atoms with Crippen molar-refractivity contribution in [3.8, 4) is 0 Å². The fourth-order valence-corrected chi connectivity index (χ4v) is 2.30. The fraction of sp³-hybridized carbons (Fsp3) is 0.417. The van der Waals surface area contributed by atoms with Crippen LogP contribution in [0.3, 0.4) is 0 Å². The molecule has 1 amide bonds. The van der Waals surface area contributed by atoms with Crippen molar-refractivity contribution in [3.05, 3.63) is 38.3 Å². The Bertz CT molecular complexity index is 526. The van der Waals surface area contributed by atoms with Gasteiger partial charge in [0.25, 0.3) is 11.6 Å². The molecular formula is C12H13BrN2O4. The highest BCUT2D eigenvalue weighted by atomic mass is 79.9. The van der Waals surface area contributed by atoms with Crippen LogP contribution in [0.5, 0.6) is 0 Å². The zero-order chi connectivity index (χ0) is 14.0. The average Bonchev–Trinajstić information content (AvgIpc) is 2.75. The molecule has 6 nitrogen and oxygen atoms in total. The Balaban J connectivity index is 2.19. The zero-order valence-electron chi connectivity index (χ0n) is 10.3. The summed E-state index contributed by atoms with van der Waals surface area (Å²) >= 11 is 3.09. The van der Waals surface area contributed by atoms with Crippen molar-refractivity contribution in [2.45, 2.75) is 18.9 Å². The van der Waals surface area contributed by atoms with E-state index in [4.69, 9.17) is 4.74 Å². The standard InChI is InChI=1S/C12H13BrN2O4/c1-12(4-5-19-7-12)14-11(16)8-2-3-9(13)10(6-8)15(17)18/h2-3,6H,4-5,7H2,1H3,(H,14,16). The van der Waals surface area contributed by atoms with Crippen LogP contribution in [0.25, 0.3) is 0 Å². The van der Waals surface area contributed by atoms with Crippen LogP contribution < -0.4 is 5.32 Å². The highest BCUT2D eigenvalue weighted by Crippen LogP contribution is 2.26. The van der Waals surface area contributed by atoms with E-state index in [1.807, 2.05) is 6.92 Å². The number of benzene rings is 1. The van der Waals surface area contributed by atoms with Gasteiger partial charge in [0.05, 0.1) is 21.5 Å². The molecule has 102 valence electrons. The topological polar surface area (TPSA) is 81.5 Å². The number of nitro benzene ring substituents is 1. The van der Waals surface area contributed by atoms with E-state index in [0.717, 1.165) is 6.42 Å². The van der Waals surface area contributed by atoms with Crippen molar-refractivity contribution in [2.75, 3.05) is 13.2 Å². The molecule has 1 saturated heterocycles. The van der Waals surface area contributed by atoms with Gasteiger partial charge in [-0.05, 0) is 41.4 Å². The third-order valence-corrected chi connectivity index (χ3v) is 3.71. The molecule has 0 saturated carbocycles. The van der Waals surface area contributed by atoms with Crippen LogP contribution in [0.1, 0.15) is 23.7 Å². The van der Waals surface area contributed by atoms with E-state index in [9.17, 15) is 14.9 Å². The van der Waals surface area contributed by atoms with Crippen LogP contribution in [-0.4, -0.2) is 29.6 Å². The summed E-state index contributed by atoms with van der Waals surface area (Å²) in [5, 5.41) is 13.7. The van der Waals surface area contributed by atoms with Gasteiger partial charge in [-0.25, -0.2) is 0 Å². The lowest BCUT2D eigenvalue weighted by Gasteiger charge is -2.23. The van der Waals surface area contributed by atoms with Crippen molar-refractivity contribution in [1.82, 2.24) is 5.32 Å². The number of ether oxygens (including phenoxy) is 1. The highest BCUT2D eigenvalue weighted by Gasteiger charge is 2.31. The number of nitrogens with zero attached hydrogens (tertiary/aromatic N) is 1. The Morgan fingerprint density at radius 1 is 1.58 bits per heavy atom. The van der Waals surface area contributed by atoms with E-state index in [0.29, 0.717) is 17.7 Å². The van der Waals surface area contributed by atoms with Crippen molar-refractivity contribution in [2.24, 2.45) is 0 Å². The van der Waals surface area contributed by atoms with E-state index in [-0.39, 0.29) is 17.2 Å². The average molecular weight is 329 g/mol. The molecule has 1 fully saturated rings. The molecule has 1 heterocycles. The number of hydrogen-bond acceptors (Lipinski definition) is 4. The molecule has 1 aliphatic heterocycles. The van der Waals surface area contributed by atoms with Gasteiger partial charge in [-0.15, -0.1) is 0 Å². The first kappa shape index (κ1) is 14.0. The number of nitrogens with one attached hydrogen (secondary N) is 1. The summed E-state index contributed by atoms with van der Waals surface area (Å²) in [6.45, 7) is 2.96. The van der Waals surface area contributed by atoms with Crippen LogP contribution in [0.2, 0.25) is 0 Å². The maximum Gasteiger partial charge on any atom is 0.284 e. The number of nitro groups is 1. The smallest absolute Gasteiger partial charge is 0.284 e. The molecule has 1 unspecified atom stereocenters. The van der Waals surface area contributed by atoms with Crippen molar-refractivity contribution >= 4 is 27.5 Å². The van der Waals surface area contributed by atoms with Crippen molar-refractivity contribution in [3.63, 3.8) is 0 Å². The SMILES string of the molecule is CC1(NC(=O)c2ccc(Br)c([N+](=O)[O-])c2)CCOC1. The minimum absolute atomic E-state index is 0.125. The molecule has 0 spiro atoms. The first-order valence-electron chi connectivity index (χ1n) is 5.75. The van der Waals surface area contributed by atoms with Crippen LogP contribution in [0, 0.1) is 10.1 Å². The molecule has 1 aliphatic rings. The number of halogens is 1. The van der Waals surface area contributed by atoms with Crippen LogP contribution in [0.4, 0.5) is 5.69 Å². The summed E-state index contributed by atoms with van der Waals surface area (Å²) in [4.78, 5) is 22.4. The summed E-state index contributed by atoms with van der Waals surface area (Å²) in [6, 6.07) is 4.31. The van der Waals surface area contributed by atoms with Gasteiger partial charge in [0.1, 0.15) is 0 Å². The minimum Gasteiger partial charge on any atom is -0.379 e. The Kier molecular flexibility index (Phi) is 3.86. The normalized spacial score (nSPS) is 22.2. The molecule has 2 rings (SSSR count). The second kappa shape index (κ2) is 5.26. The number of rotatable bonds is 3. The highest BCUT2D eigenvalue weighted by molar-refractivity contribution is 9.10. The predicted molar refractivity (Wildman–Crippen MR) is 72.1 cm³/mol. The van der Waals surface area contributed by atoms with Crippen LogP contribution >= 0.6 is 15.9 Å². The molecule has 0 radical (unpaired) electrons. The number of carbonyl (C=O) groups excluding carboxylic acids is 1. The lowest BCUT2D eigenvalue weighted by Crippen LogP contribution is -2.46. The number of hydrogen-bond donors (Lipinski definition) is 1. The largest absolute Gasteiger partial charge is 0.379 e. The Labute approximate surface area is 118 Å². The van der Waals surface area contributed by atoms with Gasteiger partial charge in [-0.3, -0.25) is 14.9 Å². The molecule has 19 heavy (non-hydrogen) atoms. The number of carbonyl (C=O) groups is 1. The second-order valence-corrected chi connectivity index (χ2v) is 5.60. The van der Waals surface area contributed by atoms with Crippen LogP contribution in [-0.2, 0) is 4.74 Å². The quantitative estimate of drug-likeness (QED) is 0.681. The third kappa shape index (κ3) is 3.10. The van der Waals surface area contributed by atoms with Crippen LogP contribution in [0.15, 0.2) is 22.7 Å². The van der Waals surface area contributed by atoms with Gasteiger partial charge in [0.2, 0.25) is 0 Å². The van der Waals surface area contributed by atoms with E-state index >= 15 is 0 Å². The molecule has 1 N–H and O–H groups in total. The third-order valence-electron chi connectivity index (χ3n) is 3.04. The van der Waals surface area contributed by atoms with Gasteiger partial charge in [0.15, 0.2) is 0 Å². The maximum atomic E-state index is 12.1. The molecular weight excluding hydrogens is 316 g/mol. The Hall–Kier alpha value is -1.47. The van der Waals surface area contributed by atoms with E-state index < -0.39 is 10.5 Å². The van der Waals surface area contributed by atoms with Gasteiger partial charge in [-0.2, -0.15) is 0 Å². The summed E-state index contributed by atoms with van der Waals surface area (Å²) in [5.74, 6) is -0.330. The minimum atomic E-state index is -0.527. The zero-order valence-corrected chi connectivity index (χ0v) is 11.9. The van der Waals surface area contributed by atoms with Gasteiger partial charge < -0.3 is 10.1 Å². The lowest BCUT2D eigenvalue weighted by atomic mass is 10.0. The first-order valence-corrected chi connectivity index (χ1v) is 6.55. The second-order valence-electron chi connectivity index (χ2n) is 4.74. The Morgan fingerprint density at radius 2 is 2.32 bits per heavy atom. The van der Waals surface area contributed by atoms with Crippen molar-refractivity contribution < 1.29 is 14.5 Å². The fourth-order valence-electron chi connectivity index (χ4n) is 1.91. The van der Waals surface area contributed by atoms with E-state index in [2.05, 4.69) is 21.2 Å². The maximum absolute atomic E-state index is 12.1. The molecule has 1 aromatic carbocycles. The van der Waals surface area contributed by atoms with E-state index in [1.165, 1.54) is 12.1 Å². The number of amides is 1. The summed E-state index contributed by atoms with van der Waals surface area (Å²) in [7, 11) is 0. The summed E-state index contributed by atoms with van der Waals surface area (Å²) < 4.78 is 5.60. The molecule has 7 heteroatoms. The molecule has 0 aliphatic carbocycles. The summed E-state index contributed by atoms with van der Waals surface area (Å²) in [6.07, 6.45) is 0.733. The lowest BCUT2D eigenvalue weighted by molar-refractivity contribution is -0.385. The molecule has 1 aromatic rings.